The van der Waals surface area contributed by atoms with Crippen molar-refractivity contribution in [1.82, 2.24) is 20.3 Å². The van der Waals surface area contributed by atoms with Gasteiger partial charge in [-0.1, -0.05) is 12.1 Å². The van der Waals surface area contributed by atoms with Gasteiger partial charge in [0.2, 0.25) is 5.95 Å². The number of hydrogen-bond donors (Lipinski definition) is 3. The molecule has 2 unspecified atom stereocenters. The van der Waals surface area contributed by atoms with Crippen molar-refractivity contribution in [2.45, 2.75) is 25.1 Å². The fraction of sp³-hybridized carbons (Fsp3) is 0.348. The first-order valence-corrected chi connectivity index (χ1v) is 10.5. The Bertz CT molecular complexity index is 1050. The number of aliphatic hydroxyl groups is 1. The van der Waals surface area contributed by atoms with Crippen LogP contribution in [-0.2, 0) is 13.0 Å². The lowest BCUT2D eigenvalue weighted by atomic mass is 10.0. The summed E-state index contributed by atoms with van der Waals surface area (Å²) in [5.74, 6) is -0.603. The van der Waals surface area contributed by atoms with Gasteiger partial charge in [-0.3, -0.25) is 0 Å². The number of benzene rings is 2. The largest absolute Gasteiger partial charge is 0.497 e. The van der Waals surface area contributed by atoms with Gasteiger partial charge in [-0.15, -0.1) is 4.98 Å². The Hall–Kier alpha value is -3.57. The van der Waals surface area contributed by atoms with Crippen LogP contribution in [0.4, 0.5) is 14.7 Å². The third kappa shape index (κ3) is 7.22. The first kappa shape index (κ1) is 25.1. The van der Waals surface area contributed by atoms with E-state index in [1.165, 1.54) is 26.4 Å². The number of halogens is 2. The molecule has 2 aromatic carbocycles. The summed E-state index contributed by atoms with van der Waals surface area (Å²) < 4.78 is 42.8. The Morgan fingerprint density at radius 3 is 2.18 bits per heavy atom. The lowest BCUT2D eigenvalue weighted by molar-refractivity contribution is 0.148. The molecule has 34 heavy (non-hydrogen) atoms. The number of hydrogen-bond acceptors (Lipinski definition) is 9. The van der Waals surface area contributed by atoms with Crippen molar-refractivity contribution in [3.05, 3.63) is 65.2 Å². The molecule has 182 valence electrons. The van der Waals surface area contributed by atoms with Crippen LogP contribution in [0.25, 0.3) is 0 Å². The summed E-state index contributed by atoms with van der Waals surface area (Å²) in [5.41, 5.74) is 1.32. The predicted octanol–water partition coefficient (Wildman–Crippen LogP) is 2.35. The topological polar surface area (TPSA) is 111 Å². The van der Waals surface area contributed by atoms with Crippen LogP contribution in [0.15, 0.2) is 42.5 Å². The number of rotatable bonds is 12. The maximum absolute atomic E-state index is 13.7. The molecule has 2 atom stereocenters. The van der Waals surface area contributed by atoms with Crippen LogP contribution in [-0.4, -0.2) is 60.1 Å². The molecule has 0 fully saturated rings. The van der Waals surface area contributed by atoms with E-state index in [-0.39, 0.29) is 30.9 Å². The van der Waals surface area contributed by atoms with Gasteiger partial charge in [0.1, 0.15) is 17.4 Å². The van der Waals surface area contributed by atoms with Gasteiger partial charge in [0.05, 0.1) is 33.5 Å². The lowest BCUT2D eigenvalue weighted by Crippen LogP contribution is -2.42. The molecule has 0 aliphatic rings. The van der Waals surface area contributed by atoms with E-state index >= 15 is 0 Å². The Labute approximate surface area is 196 Å². The number of ether oxygens (including phenoxy) is 3. The minimum atomic E-state index is -0.981. The van der Waals surface area contributed by atoms with E-state index in [9.17, 15) is 13.9 Å². The Balaban J connectivity index is 1.76. The maximum atomic E-state index is 13.7. The molecular formula is C23H27F2N5O4. The van der Waals surface area contributed by atoms with Gasteiger partial charge in [0, 0.05) is 19.2 Å². The SMILES string of the molecule is COc1cccc(CNCC(O)C(Cc2cc(F)cc(F)c2)Nc2nc(OC)nc(OC)n2)c1. The predicted molar refractivity (Wildman–Crippen MR) is 121 cm³/mol. The van der Waals surface area contributed by atoms with E-state index in [4.69, 9.17) is 14.2 Å². The van der Waals surface area contributed by atoms with Crippen molar-refractivity contribution in [2.24, 2.45) is 0 Å². The highest BCUT2D eigenvalue weighted by Gasteiger charge is 2.22. The van der Waals surface area contributed by atoms with Crippen LogP contribution in [0.1, 0.15) is 11.1 Å². The smallest absolute Gasteiger partial charge is 0.324 e. The standard InChI is InChI=1S/C23H27F2N5O4/c1-32-18-6-4-5-14(9-18)12-26-13-20(31)19(10-15-7-16(24)11-17(25)8-15)27-21-28-22(33-2)30-23(29-21)34-3/h4-9,11,19-20,26,31H,10,12-13H2,1-3H3,(H,27,28,29,30). The highest BCUT2D eigenvalue weighted by Crippen LogP contribution is 2.18. The number of aromatic nitrogens is 3. The first-order valence-electron chi connectivity index (χ1n) is 10.5. The molecule has 0 spiro atoms. The van der Waals surface area contributed by atoms with Gasteiger partial charge in [0.25, 0.3) is 0 Å². The number of nitrogens with zero attached hydrogens (tertiary/aromatic N) is 3. The molecule has 0 radical (unpaired) electrons. The summed E-state index contributed by atoms with van der Waals surface area (Å²) in [7, 11) is 4.37. The molecule has 9 nitrogen and oxygen atoms in total. The van der Waals surface area contributed by atoms with Gasteiger partial charge in [-0.2, -0.15) is 9.97 Å². The van der Waals surface area contributed by atoms with Gasteiger partial charge in [0.15, 0.2) is 0 Å². The Morgan fingerprint density at radius 1 is 0.882 bits per heavy atom. The van der Waals surface area contributed by atoms with Crippen molar-refractivity contribution >= 4 is 5.95 Å². The zero-order chi connectivity index (χ0) is 24.5. The van der Waals surface area contributed by atoms with Gasteiger partial charge >= 0.3 is 12.0 Å². The van der Waals surface area contributed by atoms with Gasteiger partial charge in [-0.05, 0) is 41.8 Å². The normalized spacial score (nSPS) is 12.6. The Morgan fingerprint density at radius 2 is 1.56 bits per heavy atom. The van der Waals surface area contributed by atoms with E-state index in [0.717, 1.165) is 17.4 Å². The van der Waals surface area contributed by atoms with E-state index < -0.39 is 23.8 Å². The maximum Gasteiger partial charge on any atom is 0.324 e. The van der Waals surface area contributed by atoms with Gasteiger partial charge in [-0.25, -0.2) is 8.78 Å². The molecule has 0 amide bonds. The highest BCUT2D eigenvalue weighted by molar-refractivity contribution is 5.32. The second-order valence-corrected chi connectivity index (χ2v) is 7.41. The second-order valence-electron chi connectivity index (χ2n) is 7.41. The molecule has 0 saturated heterocycles. The number of methoxy groups -OCH3 is 3. The number of nitrogens with one attached hydrogen (secondary N) is 2. The quantitative estimate of drug-likeness (QED) is 0.364. The van der Waals surface area contributed by atoms with E-state index in [2.05, 4.69) is 25.6 Å². The average molecular weight is 475 g/mol. The fourth-order valence-electron chi connectivity index (χ4n) is 3.31. The molecule has 0 saturated carbocycles. The monoisotopic (exact) mass is 475 g/mol. The summed E-state index contributed by atoms with van der Waals surface area (Å²) in [4.78, 5) is 12.2. The third-order valence-electron chi connectivity index (χ3n) is 4.93. The van der Waals surface area contributed by atoms with E-state index in [1.807, 2.05) is 24.3 Å². The molecule has 3 aromatic rings. The average Bonchev–Trinajstić information content (AvgIpc) is 2.82. The first-order chi connectivity index (χ1) is 16.4. The van der Waals surface area contributed by atoms with Crippen molar-refractivity contribution in [3.8, 4) is 17.8 Å². The zero-order valence-electron chi connectivity index (χ0n) is 19.1. The summed E-state index contributed by atoms with van der Waals surface area (Å²) >= 11 is 0. The molecule has 3 N–H and O–H groups in total. The van der Waals surface area contributed by atoms with Crippen LogP contribution in [0.3, 0.4) is 0 Å². The number of anilines is 1. The molecular weight excluding hydrogens is 448 g/mol. The van der Waals surface area contributed by atoms with Crippen LogP contribution >= 0.6 is 0 Å². The minimum Gasteiger partial charge on any atom is -0.497 e. The highest BCUT2D eigenvalue weighted by atomic mass is 19.1. The minimum absolute atomic E-state index is 0.00976. The van der Waals surface area contributed by atoms with Crippen LogP contribution < -0.4 is 24.8 Å². The number of aliphatic hydroxyl groups excluding tert-OH is 1. The molecule has 0 aliphatic carbocycles. The van der Waals surface area contributed by atoms with Crippen molar-refractivity contribution in [1.29, 1.82) is 0 Å². The molecule has 0 bridgehead atoms. The molecule has 1 heterocycles. The summed E-state index contributed by atoms with van der Waals surface area (Å²) in [6.07, 6.45) is -0.891. The molecule has 1 aromatic heterocycles. The molecule has 11 heteroatoms. The second kappa shape index (κ2) is 12.1. The summed E-state index contributed by atoms with van der Waals surface area (Å²) in [5, 5.41) is 17.1. The van der Waals surface area contributed by atoms with Crippen LogP contribution in [0.5, 0.6) is 17.8 Å². The zero-order valence-corrected chi connectivity index (χ0v) is 19.1. The van der Waals surface area contributed by atoms with Crippen LogP contribution in [0.2, 0.25) is 0 Å². The summed E-state index contributed by atoms with van der Waals surface area (Å²) in [6.45, 7) is 0.648. The Kier molecular flexibility index (Phi) is 8.88. The molecule has 0 aliphatic heterocycles. The van der Waals surface area contributed by atoms with Crippen LogP contribution in [0, 0.1) is 11.6 Å². The third-order valence-corrected chi connectivity index (χ3v) is 4.93. The van der Waals surface area contributed by atoms with Crippen molar-refractivity contribution in [2.75, 3.05) is 33.2 Å². The molecule has 3 rings (SSSR count). The lowest BCUT2D eigenvalue weighted by Gasteiger charge is -2.25. The summed E-state index contributed by atoms with van der Waals surface area (Å²) in [6, 6.07) is 10.0. The van der Waals surface area contributed by atoms with E-state index in [0.29, 0.717) is 12.1 Å². The van der Waals surface area contributed by atoms with E-state index in [1.54, 1.807) is 7.11 Å². The van der Waals surface area contributed by atoms with Crippen molar-refractivity contribution in [3.63, 3.8) is 0 Å². The van der Waals surface area contributed by atoms with Gasteiger partial charge < -0.3 is 30.0 Å². The fourth-order valence-corrected chi connectivity index (χ4v) is 3.31. The van der Waals surface area contributed by atoms with Crippen molar-refractivity contribution < 1.29 is 28.1 Å².